The molecule has 0 N–H and O–H groups in total. The Morgan fingerprint density at radius 2 is 2.04 bits per heavy atom. The number of aryl methyl sites for hydroxylation is 2. The summed E-state index contributed by atoms with van der Waals surface area (Å²) in [5.41, 5.74) is 2.47. The normalized spacial score (nSPS) is 15.1. The Hall–Kier alpha value is -2.30. The number of ether oxygens (including phenoxy) is 1. The first-order valence-corrected chi connectivity index (χ1v) is 8.20. The van der Waals surface area contributed by atoms with Crippen molar-refractivity contribution in [3.8, 4) is 5.75 Å². The molecule has 3 aromatic rings. The maximum absolute atomic E-state index is 5.95. The van der Waals surface area contributed by atoms with Crippen LogP contribution < -0.4 is 4.74 Å². The summed E-state index contributed by atoms with van der Waals surface area (Å²) in [7, 11) is 4.10. The van der Waals surface area contributed by atoms with Crippen LogP contribution in [0.15, 0.2) is 24.4 Å². The van der Waals surface area contributed by atoms with Crippen molar-refractivity contribution < 1.29 is 4.74 Å². The van der Waals surface area contributed by atoms with Gasteiger partial charge in [-0.1, -0.05) is 6.42 Å². The standard InChI is InChI=1S/C18H22N4O/c1-12-10-21(2)16-9-14(7-8-15(12)16)23-11-17-19-20-18(22(17)3)13-5-4-6-13/h7-10,13H,4-6,11H2,1-3H3. The highest BCUT2D eigenvalue weighted by atomic mass is 16.5. The van der Waals surface area contributed by atoms with E-state index in [2.05, 4.69) is 51.6 Å². The fraction of sp³-hybridized carbons (Fsp3) is 0.444. The van der Waals surface area contributed by atoms with Gasteiger partial charge in [-0.05, 0) is 37.5 Å². The molecule has 120 valence electrons. The number of fused-ring (bicyclic) bond motifs is 1. The predicted octanol–water partition coefficient (Wildman–Crippen LogP) is 3.46. The molecule has 0 saturated heterocycles. The summed E-state index contributed by atoms with van der Waals surface area (Å²) >= 11 is 0. The molecule has 0 spiro atoms. The molecule has 5 heteroatoms. The topological polar surface area (TPSA) is 44.9 Å². The van der Waals surface area contributed by atoms with E-state index in [4.69, 9.17) is 4.74 Å². The van der Waals surface area contributed by atoms with E-state index in [1.165, 1.54) is 35.7 Å². The lowest BCUT2D eigenvalue weighted by atomic mass is 9.85. The van der Waals surface area contributed by atoms with Crippen LogP contribution in [0.3, 0.4) is 0 Å². The minimum atomic E-state index is 0.450. The Labute approximate surface area is 135 Å². The number of hydrogen-bond donors (Lipinski definition) is 0. The summed E-state index contributed by atoms with van der Waals surface area (Å²) in [5, 5.41) is 9.92. The number of nitrogens with zero attached hydrogens (tertiary/aromatic N) is 4. The Bertz CT molecular complexity index is 857. The smallest absolute Gasteiger partial charge is 0.170 e. The van der Waals surface area contributed by atoms with Crippen molar-refractivity contribution in [3.63, 3.8) is 0 Å². The Morgan fingerprint density at radius 1 is 1.22 bits per heavy atom. The number of aromatic nitrogens is 4. The van der Waals surface area contributed by atoms with Crippen molar-refractivity contribution in [3.05, 3.63) is 41.6 Å². The molecule has 1 aliphatic rings. The molecule has 0 aliphatic heterocycles. The molecule has 1 aromatic carbocycles. The Balaban J connectivity index is 1.52. The van der Waals surface area contributed by atoms with Gasteiger partial charge in [-0.3, -0.25) is 0 Å². The third kappa shape index (κ3) is 2.40. The molecule has 0 radical (unpaired) electrons. The van der Waals surface area contributed by atoms with E-state index in [0.717, 1.165) is 17.4 Å². The van der Waals surface area contributed by atoms with Gasteiger partial charge in [-0.25, -0.2) is 0 Å². The van der Waals surface area contributed by atoms with E-state index in [9.17, 15) is 0 Å². The number of rotatable bonds is 4. The van der Waals surface area contributed by atoms with E-state index in [1.54, 1.807) is 0 Å². The first kappa shape index (κ1) is 14.3. The van der Waals surface area contributed by atoms with E-state index in [-0.39, 0.29) is 0 Å². The minimum absolute atomic E-state index is 0.450. The molecule has 23 heavy (non-hydrogen) atoms. The third-order valence-corrected chi connectivity index (χ3v) is 5.00. The summed E-state index contributed by atoms with van der Waals surface area (Å²) in [6.07, 6.45) is 5.91. The third-order valence-electron chi connectivity index (χ3n) is 5.00. The Kier molecular flexibility index (Phi) is 3.36. The lowest BCUT2D eigenvalue weighted by molar-refractivity contribution is 0.290. The summed E-state index contributed by atoms with van der Waals surface area (Å²) in [6.45, 7) is 2.58. The highest BCUT2D eigenvalue weighted by molar-refractivity contribution is 5.84. The molecule has 0 amide bonds. The van der Waals surface area contributed by atoms with Crippen molar-refractivity contribution in [2.45, 2.75) is 38.7 Å². The molecule has 4 rings (SSSR count). The molecule has 5 nitrogen and oxygen atoms in total. The van der Waals surface area contributed by atoms with Gasteiger partial charge in [0, 0.05) is 37.7 Å². The van der Waals surface area contributed by atoms with Crippen LogP contribution in [0.1, 0.15) is 42.4 Å². The van der Waals surface area contributed by atoms with Crippen LogP contribution >= 0.6 is 0 Å². The van der Waals surface area contributed by atoms with Gasteiger partial charge < -0.3 is 13.9 Å². The molecule has 0 bridgehead atoms. The second kappa shape index (κ2) is 5.41. The molecule has 2 heterocycles. The molecule has 1 fully saturated rings. The van der Waals surface area contributed by atoms with Gasteiger partial charge in [0.25, 0.3) is 0 Å². The van der Waals surface area contributed by atoms with Gasteiger partial charge in [0.1, 0.15) is 18.2 Å². The van der Waals surface area contributed by atoms with Crippen LogP contribution in [-0.2, 0) is 20.7 Å². The SMILES string of the molecule is Cc1cn(C)c2cc(OCc3nnc(C4CCC4)n3C)ccc12. The van der Waals surface area contributed by atoms with Gasteiger partial charge >= 0.3 is 0 Å². The van der Waals surface area contributed by atoms with Crippen molar-refractivity contribution in [1.82, 2.24) is 19.3 Å². The van der Waals surface area contributed by atoms with Crippen molar-refractivity contribution >= 4 is 10.9 Å². The van der Waals surface area contributed by atoms with Gasteiger partial charge in [0.05, 0.1) is 5.52 Å². The number of benzene rings is 1. The van der Waals surface area contributed by atoms with Crippen LogP contribution in [0, 0.1) is 6.92 Å². The predicted molar refractivity (Wildman–Crippen MR) is 89.6 cm³/mol. The Morgan fingerprint density at radius 3 is 2.78 bits per heavy atom. The fourth-order valence-electron chi connectivity index (χ4n) is 3.33. The van der Waals surface area contributed by atoms with Gasteiger partial charge in [-0.2, -0.15) is 0 Å². The van der Waals surface area contributed by atoms with E-state index >= 15 is 0 Å². The van der Waals surface area contributed by atoms with Crippen LogP contribution in [0.2, 0.25) is 0 Å². The summed E-state index contributed by atoms with van der Waals surface area (Å²) < 4.78 is 10.2. The zero-order valence-corrected chi connectivity index (χ0v) is 13.9. The lowest BCUT2D eigenvalue weighted by Crippen LogP contribution is -2.15. The van der Waals surface area contributed by atoms with Crippen molar-refractivity contribution in [2.75, 3.05) is 0 Å². The monoisotopic (exact) mass is 310 g/mol. The van der Waals surface area contributed by atoms with Gasteiger partial charge in [-0.15, -0.1) is 10.2 Å². The summed E-state index contributed by atoms with van der Waals surface area (Å²) in [6, 6.07) is 6.24. The largest absolute Gasteiger partial charge is 0.486 e. The van der Waals surface area contributed by atoms with Crippen LogP contribution in [0.5, 0.6) is 5.75 Å². The molecule has 0 unspecified atom stereocenters. The molecular weight excluding hydrogens is 288 g/mol. The second-order valence-electron chi connectivity index (χ2n) is 6.55. The van der Waals surface area contributed by atoms with Crippen LogP contribution in [0.25, 0.3) is 10.9 Å². The quantitative estimate of drug-likeness (QED) is 0.741. The minimum Gasteiger partial charge on any atom is -0.486 e. The van der Waals surface area contributed by atoms with Crippen LogP contribution in [-0.4, -0.2) is 19.3 Å². The highest BCUT2D eigenvalue weighted by Gasteiger charge is 2.25. The average Bonchev–Trinajstić information content (AvgIpc) is 2.97. The number of hydrogen-bond acceptors (Lipinski definition) is 3. The molecule has 0 atom stereocenters. The van der Waals surface area contributed by atoms with Gasteiger partial charge in [0.15, 0.2) is 5.82 Å². The van der Waals surface area contributed by atoms with Crippen molar-refractivity contribution in [1.29, 1.82) is 0 Å². The van der Waals surface area contributed by atoms with Gasteiger partial charge in [0.2, 0.25) is 0 Å². The summed E-state index contributed by atoms with van der Waals surface area (Å²) in [5.74, 6) is 3.44. The zero-order valence-electron chi connectivity index (χ0n) is 13.9. The van der Waals surface area contributed by atoms with Crippen LogP contribution in [0.4, 0.5) is 0 Å². The van der Waals surface area contributed by atoms with E-state index in [0.29, 0.717) is 12.5 Å². The molecule has 1 aliphatic carbocycles. The molecule has 1 saturated carbocycles. The fourth-order valence-corrected chi connectivity index (χ4v) is 3.33. The lowest BCUT2D eigenvalue weighted by Gasteiger charge is -2.24. The second-order valence-corrected chi connectivity index (χ2v) is 6.55. The summed E-state index contributed by atoms with van der Waals surface area (Å²) in [4.78, 5) is 0. The maximum Gasteiger partial charge on any atom is 0.170 e. The average molecular weight is 310 g/mol. The highest BCUT2D eigenvalue weighted by Crippen LogP contribution is 2.35. The molecule has 2 aromatic heterocycles. The van der Waals surface area contributed by atoms with E-state index in [1.807, 2.05) is 13.1 Å². The van der Waals surface area contributed by atoms with Crippen molar-refractivity contribution in [2.24, 2.45) is 14.1 Å². The first-order chi connectivity index (χ1) is 11.1. The van der Waals surface area contributed by atoms with E-state index < -0.39 is 0 Å². The maximum atomic E-state index is 5.95. The first-order valence-electron chi connectivity index (χ1n) is 8.20. The molecular formula is C18H22N4O. The zero-order chi connectivity index (χ0) is 16.0.